The molecule has 9 nitrogen and oxygen atoms in total. The molecule has 1 aromatic heterocycles. The Hall–Kier alpha value is -3.33. The predicted octanol–water partition coefficient (Wildman–Crippen LogP) is 2.97. The molecule has 9 heteroatoms. The van der Waals surface area contributed by atoms with Gasteiger partial charge in [0.2, 0.25) is 0 Å². The van der Waals surface area contributed by atoms with Crippen molar-refractivity contribution in [3.05, 3.63) is 44.6 Å². The average Bonchev–Trinajstić information content (AvgIpc) is 2.69. The number of aromatic amines is 1. The Balaban J connectivity index is 2.23. The van der Waals surface area contributed by atoms with Gasteiger partial charge in [-0.05, 0) is 39.2 Å². The summed E-state index contributed by atoms with van der Waals surface area (Å²) in [5.41, 5.74) is 0.703. The smallest absolute Gasteiger partial charge is 0.293 e. The first-order valence-corrected chi connectivity index (χ1v) is 9.15. The van der Waals surface area contributed by atoms with Gasteiger partial charge in [0.1, 0.15) is 5.52 Å². The van der Waals surface area contributed by atoms with Crippen molar-refractivity contribution in [2.24, 2.45) is 0 Å². The summed E-state index contributed by atoms with van der Waals surface area (Å²) in [6.07, 6.45) is 0.863. The monoisotopic (exact) mass is 400 g/mol. The Morgan fingerprint density at radius 2 is 1.86 bits per heavy atom. The molecule has 0 saturated heterocycles. The van der Waals surface area contributed by atoms with Crippen LogP contribution in [0.15, 0.2) is 29.1 Å². The third-order valence-electron chi connectivity index (χ3n) is 4.73. The molecular formula is C20H24N4O5. The van der Waals surface area contributed by atoms with Crippen molar-refractivity contribution in [2.45, 2.75) is 6.42 Å². The molecule has 0 saturated carbocycles. The molecule has 3 aromatic rings. The zero-order valence-corrected chi connectivity index (χ0v) is 16.9. The number of pyridine rings is 1. The number of H-pyrrole nitrogens is 1. The van der Waals surface area contributed by atoms with Gasteiger partial charge in [-0.2, -0.15) is 0 Å². The molecule has 0 amide bonds. The Morgan fingerprint density at radius 1 is 1.17 bits per heavy atom. The molecule has 0 bridgehead atoms. The first-order valence-electron chi connectivity index (χ1n) is 9.15. The van der Waals surface area contributed by atoms with Crippen LogP contribution in [0.5, 0.6) is 11.5 Å². The summed E-state index contributed by atoms with van der Waals surface area (Å²) in [7, 11) is 6.95. The molecule has 3 rings (SSSR count). The summed E-state index contributed by atoms with van der Waals surface area (Å²) in [4.78, 5) is 29.5. The third-order valence-corrected chi connectivity index (χ3v) is 4.73. The van der Waals surface area contributed by atoms with E-state index in [1.807, 2.05) is 14.1 Å². The topological polar surface area (TPSA) is 110 Å². The lowest BCUT2D eigenvalue weighted by Crippen LogP contribution is -2.17. The maximum atomic E-state index is 13.3. The number of benzene rings is 2. The van der Waals surface area contributed by atoms with E-state index in [1.165, 1.54) is 20.3 Å². The Bertz CT molecular complexity index is 1120. The molecule has 0 spiro atoms. The van der Waals surface area contributed by atoms with Gasteiger partial charge in [0.15, 0.2) is 16.9 Å². The molecule has 1 heterocycles. The van der Waals surface area contributed by atoms with Crippen molar-refractivity contribution in [1.82, 2.24) is 9.88 Å². The zero-order valence-electron chi connectivity index (χ0n) is 16.9. The lowest BCUT2D eigenvalue weighted by Gasteiger charge is -2.14. The van der Waals surface area contributed by atoms with Gasteiger partial charge < -0.3 is 24.7 Å². The Kier molecular flexibility index (Phi) is 5.88. The van der Waals surface area contributed by atoms with Crippen molar-refractivity contribution < 1.29 is 14.4 Å². The molecule has 0 aliphatic rings. The van der Waals surface area contributed by atoms with Crippen molar-refractivity contribution in [2.75, 3.05) is 46.7 Å². The summed E-state index contributed by atoms with van der Waals surface area (Å²) >= 11 is 0. The molecule has 0 aliphatic carbocycles. The average molecular weight is 400 g/mol. The van der Waals surface area contributed by atoms with Crippen LogP contribution in [0, 0.1) is 10.1 Å². The van der Waals surface area contributed by atoms with E-state index in [1.54, 1.807) is 18.2 Å². The van der Waals surface area contributed by atoms with E-state index in [2.05, 4.69) is 15.2 Å². The molecule has 0 fully saturated rings. The number of hydrogen-bond acceptors (Lipinski definition) is 7. The molecule has 0 aliphatic heterocycles. The highest BCUT2D eigenvalue weighted by Gasteiger charge is 2.20. The van der Waals surface area contributed by atoms with E-state index in [4.69, 9.17) is 9.47 Å². The second-order valence-electron chi connectivity index (χ2n) is 6.93. The quantitative estimate of drug-likeness (QED) is 0.259. The van der Waals surface area contributed by atoms with Crippen molar-refractivity contribution in [1.29, 1.82) is 0 Å². The summed E-state index contributed by atoms with van der Waals surface area (Å²) in [6.45, 7) is 1.52. The molecule has 0 radical (unpaired) electrons. The van der Waals surface area contributed by atoms with Gasteiger partial charge in [-0.3, -0.25) is 14.9 Å². The van der Waals surface area contributed by atoms with E-state index < -0.39 is 4.92 Å². The van der Waals surface area contributed by atoms with Crippen LogP contribution in [0.4, 0.5) is 11.4 Å². The van der Waals surface area contributed by atoms with Gasteiger partial charge in [-0.15, -0.1) is 0 Å². The molecule has 0 atom stereocenters. The largest absolute Gasteiger partial charge is 0.493 e. The third kappa shape index (κ3) is 3.95. The minimum absolute atomic E-state index is 0.160. The van der Waals surface area contributed by atoms with Gasteiger partial charge in [-0.25, -0.2) is 0 Å². The first-order chi connectivity index (χ1) is 13.9. The Morgan fingerprint density at radius 3 is 2.48 bits per heavy atom. The summed E-state index contributed by atoms with van der Waals surface area (Å²) < 4.78 is 10.6. The van der Waals surface area contributed by atoms with Crippen LogP contribution in [0.2, 0.25) is 0 Å². The molecule has 2 aromatic carbocycles. The summed E-state index contributed by atoms with van der Waals surface area (Å²) in [6, 6.07) is 6.17. The summed E-state index contributed by atoms with van der Waals surface area (Å²) in [5.74, 6) is 0.839. The highest BCUT2D eigenvalue weighted by Crippen LogP contribution is 2.34. The van der Waals surface area contributed by atoms with Crippen LogP contribution < -0.4 is 20.2 Å². The molecule has 0 unspecified atom stereocenters. The number of ether oxygens (including phenoxy) is 2. The predicted molar refractivity (Wildman–Crippen MR) is 113 cm³/mol. The van der Waals surface area contributed by atoms with Gasteiger partial charge in [0.05, 0.1) is 35.4 Å². The van der Waals surface area contributed by atoms with Crippen LogP contribution in [0.25, 0.3) is 21.8 Å². The van der Waals surface area contributed by atoms with Crippen molar-refractivity contribution in [3.8, 4) is 11.5 Å². The number of nitrogens with zero attached hydrogens (tertiary/aromatic N) is 2. The number of rotatable bonds is 8. The molecule has 154 valence electrons. The lowest BCUT2D eigenvalue weighted by atomic mass is 10.1. The lowest BCUT2D eigenvalue weighted by molar-refractivity contribution is -0.383. The number of fused-ring (bicyclic) bond motifs is 2. The van der Waals surface area contributed by atoms with Crippen LogP contribution in [0.1, 0.15) is 6.42 Å². The SMILES string of the molecule is COc1cc2[nH]c3c([N+](=O)[O-])ccc(NCCCN(C)C)c3c(=O)c2cc1OC. The summed E-state index contributed by atoms with van der Waals surface area (Å²) in [5, 5.41) is 15.4. The molecule has 2 N–H and O–H groups in total. The van der Waals surface area contributed by atoms with E-state index >= 15 is 0 Å². The van der Waals surface area contributed by atoms with E-state index in [0.29, 0.717) is 34.6 Å². The van der Waals surface area contributed by atoms with E-state index in [9.17, 15) is 14.9 Å². The molecular weight excluding hydrogens is 376 g/mol. The molecule has 29 heavy (non-hydrogen) atoms. The van der Waals surface area contributed by atoms with Crippen molar-refractivity contribution in [3.63, 3.8) is 0 Å². The minimum Gasteiger partial charge on any atom is -0.493 e. The Labute approximate surface area is 167 Å². The highest BCUT2D eigenvalue weighted by molar-refractivity contribution is 6.03. The number of hydrogen-bond donors (Lipinski definition) is 2. The number of nitro groups is 1. The standard InChI is InChI=1S/C20H24N4O5/c1-23(2)9-5-8-21-13-6-7-15(24(26)27)19-18(13)20(25)12-10-16(28-3)17(29-4)11-14(12)22-19/h6-7,10-11,21H,5,8-9H2,1-4H3,(H,22,25). The first kappa shape index (κ1) is 20.4. The van der Waals surface area contributed by atoms with Crippen LogP contribution in [0.3, 0.4) is 0 Å². The second-order valence-corrected chi connectivity index (χ2v) is 6.93. The maximum absolute atomic E-state index is 13.3. The van der Waals surface area contributed by atoms with Crippen LogP contribution in [-0.2, 0) is 0 Å². The number of aromatic nitrogens is 1. The number of nitrogens with one attached hydrogen (secondary N) is 2. The zero-order chi connectivity index (χ0) is 21.1. The van der Waals surface area contributed by atoms with Gasteiger partial charge in [0.25, 0.3) is 5.69 Å². The minimum atomic E-state index is -0.499. The van der Waals surface area contributed by atoms with E-state index in [0.717, 1.165) is 13.0 Å². The van der Waals surface area contributed by atoms with Gasteiger partial charge in [-0.1, -0.05) is 0 Å². The fourth-order valence-corrected chi connectivity index (χ4v) is 3.31. The van der Waals surface area contributed by atoms with Crippen LogP contribution in [-0.4, -0.2) is 56.2 Å². The van der Waals surface area contributed by atoms with E-state index in [-0.39, 0.29) is 22.0 Å². The fraction of sp³-hybridized carbons (Fsp3) is 0.350. The maximum Gasteiger partial charge on any atom is 0.293 e. The van der Waals surface area contributed by atoms with Gasteiger partial charge >= 0.3 is 0 Å². The fourth-order valence-electron chi connectivity index (χ4n) is 3.31. The van der Waals surface area contributed by atoms with Gasteiger partial charge in [0, 0.05) is 24.4 Å². The highest BCUT2D eigenvalue weighted by atomic mass is 16.6. The second kappa shape index (κ2) is 8.36. The number of non-ortho nitro benzene ring substituents is 1. The number of nitro benzene ring substituents is 1. The number of methoxy groups -OCH3 is 2. The van der Waals surface area contributed by atoms with Crippen molar-refractivity contribution >= 4 is 33.2 Å². The van der Waals surface area contributed by atoms with Crippen LogP contribution >= 0.6 is 0 Å². The normalized spacial score (nSPS) is 11.2. The number of anilines is 1.